The van der Waals surface area contributed by atoms with Crippen molar-refractivity contribution in [2.75, 3.05) is 40.9 Å². The third-order valence-electron chi connectivity index (χ3n) is 14.6. The number of ether oxygens (including phenoxy) is 1. The van der Waals surface area contributed by atoms with Crippen LogP contribution in [0.2, 0.25) is 0 Å². The number of carbonyl (C=O) groups excluding carboxylic acids is 2. The predicted molar refractivity (Wildman–Crippen MR) is 341 cm³/mol. The minimum atomic E-state index is -4.46. The van der Waals surface area contributed by atoms with Crippen molar-refractivity contribution in [1.29, 1.82) is 0 Å². The molecule has 0 fully saturated rings. The quantitative estimate of drug-likeness (QED) is 0.0205. The van der Waals surface area contributed by atoms with Crippen molar-refractivity contribution < 1.29 is 37.3 Å². The Morgan fingerprint density at radius 3 is 1.20 bits per heavy atom. The minimum absolute atomic E-state index is 0.0366. The van der Waals surface area contributed by atoms with Crippen molar-refractivity contribution in [2.45, 2.75) is 315 Å². The van der Waals surface area contributed by atoms with Crippen LogP contribution in [0, 0.1) is 0 Å². The molecule has 0 radical (unpaired) electrons. The molecule has 0 aliphatic carbocycles. The van der Waals surface area contributed by atoms with Crippen LogP contribution >= 0.6 is 7.82 Å². The van der Waals surface area contributed by atoms with E-state index in [1.54, 1.807) is 0 Å². The second-order valence-electron chi connectivity index (χ2n) is 23.6. The number of hydrogen-bond acceptors (Lipinski definition) is 6. The van der Waals surface area contributed by atoms with E-state index in [9.17, 15) is 19.0 Å². The van der Waals surface area contributed by atoms with Crippen LogP contribution in [-0.2, 0) is 27.9 Å². The average Bonchev–Trinajstić information content (AvgIpc) is 3.41. The fourth-order valence-electron chi connectivity index (χ4n) is 9.45. The van der Waals surface area contributed by atoms with Gasteiger partial charge in [0, 0.05) is 12.8 Å². The normalized spacial score (nSPS) is 14.1. The molecule has 0 spiro atoms. The molecule has 0 saturated carbocycles. The van der Waals surface area contributed by atoms with Gasteiger partial charge in [-0.25, -0.2) is 4.57 Å². The number of nitrogens with zero attached hydrogens (tertiary/aromatic N) is 1. The fraction of sp³-hybridized carbons (Fsp3) is 0.797. The van der Waals surface area contributed by atoms with Crippen LogP contribution < -0.4 is 5.32 Å². The number of esters is 1. The van der Waals surface area contributed by atoms with Crippen molar-refractivity contribution in [3.63, 3.8) is 0 Å². The highest BCUT2D eigenvalue weighted by atomic mass is 31.2. The molecule has 0 heterocycles. The number of phosphoric acid groups is 1. The number of quaternary nitrogens is 1. The molecule has 0 rings (SSSR count). The first-order chi connectivity index (χ1) is 38.4. The van der Waals surface area contributed by atoms with Crippen molar-refractivity contribution in [1.82, 2.24) is 5.32 Å². The second-order valence-corrected chi connectivity index (χ2v) is 25.1. The Hall–Kier alpha value is -2.55. The maximum Gasteiger partial charge on any atom is 0.472 e. The molecule has 79 heavy (non-hydrogen) atoms. The third kappa shape index (κ3) is 59.9. The van der Waals surface area contributed by atoms with Crippen LogP contribution in [0.15, 0.2) is 72.9 Å². The summed E-state index contributed by atoms with van der Waals surface area (Å²) in [6, 6.07) is -0.856. The zero-order valence-corrected chi connectivity index (χ0v) is 53.5. The first kappa shape index (κ1) is 76.5. The Balaban J connectivity index is 5.16. The van der Waals surface area contributed by atoms with E-state index in [1.165, 1.54) is 167 Å². The standard InChI is InChI=1S/C69H127N2O7P/c1-7-10-13-16-19-22-25-28-30-31-32-33-34-35-36-37-38-39-41-43-46-49-52-55-58-61-68(72)70-66(65-77-79(74,75)76-64-63-71(4,5)6)67(60-57-54-51-48-45-42-27-24-21-18-15-12-9-3)78-69(73)62-59-56-53-50-47-44-40-29-26-23-20-17-14-11-8-2/h19,22-23,26,28,30,32-33,35-36,57,60,66-67H,7-18,20-21,24-25,27,29,31,34,37-56,58-59,61-65H2,1-6H3,(H-,70,72,74,75)/p+1/b22-19-,26-23-,30-28-,33-32-,36-35-,60-57-. The molecule has 3 atom stereocenters. The molecular formula is C69H128N2O7P+. The summed E-state index contributed by atoms with van der Waals surface area (Å²) in [5, 5.41) is 3.06. The van der Waals surface area contributed by atoms with Crippen molar-refractivity contribution in [3.8, 4) is 0 Å². The average molecular weight is 1130 g/mol. The van der Waals surface area contributed by atoms with Gasteiger partial charge in [0.2, 0.25) is 5.91 Å². The van der Waals surface area contributed by atoms with E-state index in [0.717, 1.165) is 103 Å². The number of allylic oxidation sites excluding steroid dienone is 11. The maximum absolute atomic E-state index is 13.6. The highest BCUT2D eigenvalue weighted by Gasteiger charge is 2.30. The zero-order valence-electron chi connectivity index (χ0n) is 52.6. The van der Waals surface area contributed by atoms with Gasteiger partial charge in [0.05, 0.1) is 33.8 Å². The van der Waals surface area contributed by atoms with Crippen LogP contribution in [0.1, 0.15) is 303 Å². The Kier molecular flexibility index (Phi) is 56.7. The first-order valence-electron chi connectivity index (χ1n) is 33.3. The Bertz CT molecular complexity index is 1580. The van der Waals surface area contributed by atoms with E-state index < -0.39 is 20.0 Å². The maximum atomic E-state index is 13.6. The number of nitrogens with one attached hydrogen (secondary N) is 1. The van der Waals surface area contributed by atoms with Gasteiger partial charge in [-0.05, 0) is 102 Å². The lowest BCUT2D eigenvalue weighted by molar-refractivity contribution is -0.870. The van der Waals surface area contributed by atoms with Crippen molar-refractivity contribution in [3.05, 3.63) is 72.9 Å². The lowest BCUT2D eigenvalue weighted by Gasteiger charge is -2.27. The van der Waals surface area contributed by atoms with Gasteiger partial charge in [0.1, 0.15) is 19.3 Å². The number of hydrogen-bond donors (Lipinski definition) is 2. The van der Waals surface area contributed by atoms with Crippen molar-refractivity contribution in [2.24, 2.45) is 0 Å². The molecule has 0 aromatic carbocycles. The SMILES string of the molecule is CCCCC/C=C\C/C=C\C/C=C\C/C=C\CCCCCCCCCCCC(=O)NC(COP(=O)(O)OCC[N+](C)(C)C)C(/C=C\CCCCCCCCCCCCC)OC(=O)CCCCCCCCC/C=C\CCCCCC. The lowest BCUT2D eigenvalue weighted by atomic mass is 10.0. The van der Waals surface area contributed by atoms with Crippen LogP contribution in [0.4, 0.5) is 0 Å². The molecule has 1 amide bonds. The van der Waals surface area contributed by atoms with Gasteiger partial charge in [-0.2, -0.15) is 0 Å². The largest absolute Gasteiger partial charge is 0.472 e. The number of unbranched alkanes of at least 4 members (excludes halogenated alkanes) is 34. The Morgan fingerprint density at radius 2 is 0.772 bits per heavy atom. The number of amides is 1. The molecule has 0 aromatic heterocycles. The summed E-state index contributed by atoms with van der Waals surface area (Å²) < 4.78 is 30.8. The minimum Gasteiger partial charge on any atom is -0.456 e. The second kappa shape index (κ2) is 58.6. The fourth-order valence-corrected chi connectivity index (χ4v) is 10.2. The summed E-state index contributed by atoms with van der Waals surface area (Å²) in [5.41, 5.74) is 0. The third-order valence-corrected chi connectivity index (χ3v) is 15.6. The van der Waals surface area contributed by atoms with Crippen LogP contribution in [0.5, 0.6) is 0 Å². The number of carbonyl (C=O) groups is 2. The van der Waals surface area contributed by atoms with E-state index in [2.05, 4.69) is 86.8 Å². The highest BCUT2D eigenvalue weighted by Crippen LogP contribution is 2.43. The van der Waals surface area contributed by atoms with Crippen LogP contribution in [0.25, 0.3) is 0 Å². The molecule has 0 saturated heterocycles. The molecular weight excluding hydrogens is 1000 g/mol. The van der Waals surface area contributed by atoms with E-state index in [1.807, 2.05) is 33.3 Å². The first-order valence-corrected chi connectivity index (χ1v) is 34.8. The summed E-state index contributed by atoms with van der Waals surface area (Å²) in [7, 11) is 1.49. The Morgan fingerprint density at radius 1 is 0.443 bits per heavy atom. The zero-order chi connectivity index (χ0) is 57.9. The molecule has 460 valence electrons. The Labute approximate surface area is 489 Å². The van der Waals surface area contributed by atoms with Crippen molar-refractivity contribution >= 4 is 19.7 Å². The summed E-state index contributed by atoms with van der Waals surface area (Å²) in [4.78, 5) is 37.8. The summed E-state index contributed by atoms with van der Waals surface area (Å²) in [6.45, 7) is 6.99. The molecule has 0 aromatic rings. The van der Waals surface area contributed by atoms with Gasteiger partial charge < -0.3 is 19.4 Å². The van der Waals surface area contributed by atoms with Gasteiger partial charge >= 0.3 is 13.8 Å². The van der Waals surface area contributed by atoms with E-state index in [0.29, 0.717) is 17.4 Å². The van der Waals surface area contributed by atoms with Gasteiger partial charge in [-0.3, -0.25) is 18.6 Å². The highest BCUT2D eigenvalue weighted by molar-refractivity contribution is 7.47. The molecule has 10 heteroatoms. The molecule has 3 unspecified atom stereocenters. The van der Waals surface area contributed by atoms with E-state index in [-0.39, 0.29) is 31.5 Å². The monoisotopic (exact) mass is 1130 g/mol. The molecule has 2 N–H and O–H groups in total. The number of phosphoric ester groups is 1. The molecule has 0 aliphatic heterocycles. The van der Waals surface area contributed by atoms with Gasteiger partial charge in [-0.15, -0.1) is 0 Å². The summed E-state index contributed by atoms with van der Waals surface area (Å²) >= 11 is 0. The number of likely N-dealkylation sites (N-methyl/N-ethyl adjacent to an activating group) is 1. The van der Waals surface area contributed by atoms with Gasteiger partial charge in [-0.1, -0.05) is 261 Å². The van der Waals surface area contributed by atoms with Crippen LogP contribution in [-0.4, -0.2) is 74.3 Å². The summed E-state index contributed by atoms with van der Waals surface area (Å²) in [5.74, 6) is -0.511. The van der Waals surface area contributed by atoms with Gasteiger partial charge in [0.25, 0.3) is 0 Å². The van der Waals surface area contributed by atoms with Gasteiger partial charge in [0.15, 0.2) is 0 Å². The smallest absolute Gasteiger partial charge is 0.456 e. The number of rotatable bonds is 60. The molecule has 0 bridgehead atoms. The predicted octanol–water partition coefficient (Wildman–Crippen LogP) is 20.8. The molecule has 9 nitrogen and oxygen atoms in total. The lowest BCUT2D eigenvalue weighted by Crippen LogP contribution is -2.47. The van der Waals surface area contributed by atoms with Crippen LogP contribution in [0.3, 0.4) is 0 Å². The summed E-state index contributed by atoms with van der Waals surface area (Å²) in [6.07, 6.45) is 76.1. The van der Waals surface area contributed by atoms with E-state index in [4.69, 9.17) is 13.8 Å². The topological polar surface area (TPSA) is 111 Å². The molecule has 0 aliphatic rings. The van der Waals surface area contributed by atoms with E-state index >= 15 is 0 Å².